The van der Waals surface area contributed by atoms with Crippen molar-refractivity contribution in [2.24, 2.45) is 5.92 Å². The van der Waals surface area contributed by atoms with Crippen LogP contribution in [-0.2, 0) is 16.0 Å². The van der Waals surface area contributed by atoms with Gasteiger partial charge in [-0.25, -0.2) is 15.0 Å². The number of nitrogens with zero attached hydrogens (tertiary/aromatic N) is 7. The van der Waals surface area contributed by atoms with Crippen LogP contribution in [0.1, 0.15) is 18.9 Å². The van der Waals surface area contributed by atoms with Crippen LogP contribution in [0.5, 0.6) is 0 Å². The zero-order chi connectivity index (χ0) is 23.3. The van der Waals surface area contributed by atoms with Gasteiger partial charge in [0.1, 0.15) is 5.82 Å². The molecule has 1 amide bonds. The molecule has 0 radical (unpaired) electrons. The van der Waals surface area contributed by atoms with Gasteiger partial charge in [0.25, 0.3) is 0 Å². The SMILES string of the molecule is C[C@]1(N2CCc3c(-c4cnc(N)nc4)nc(N4CCOCC4)nc32)CCN(C(=O)C2CNC2)C1.Cl. The largest absolute Gasteiger partial charge is 0.378 e. The number of likely N-dealkylation sites (tertiary alicyclic amines) is 1. The molecule has 35 heavy (non-hydrogen) atoms. The predicted octanol–water partition coefficient (Wildman–Crippen LogP) is 0.347. The lowest BCUT2D eigenvalue weighted by molar-refractivity contribution is -0.136. The van der Waals surface area contributed by atoms with E-state index in [1.54, 1.807) is 12.4 Å². The van der Waals surface area contributed by atoms with E-state index in [9.17, 15) is 4.79 Å². The molecule has 0 aliphatic carbocycles. The molecule has 11 nitrogen and oxygen atoms in total. The molecule has 0 bridgehead atoms. The zero-order valence-electron chi connectivity index (χ0n) is 19.9. The third-order valence-corrected chi connectivity index (χ3v) is 7.60. The number of nitrogens with one attached hydrogen (secondary N) is 1. The molecule has 0 aromatic carbocycles. The first-order chi connectivity index (χ1) is 16.5. The van der Waals surface area contributed by atoms with Gasteiger partial charge in [-0.2, -0.15) is 4.98 Å². The summed E-state index contributed by atoms with van der Waals surface area (Å²) in [5, 5.41) is 3.21. The van der Waals surface area contributed by atoms with Crippen LogP contribution in [0.4, 0.5) is 17.7 Å². The number of amides is 1. The van der Waals surface area contributed by atoms with Gasteiger partial charge in [-0.05, 0) is 19.8 Å². The predicted molar refractivity (Wildman–Crippen MR) is 135 cm³/mol. The third kappa shape index (κ3) is 4.25. The fourth-order valence-corrected chi connectivity index (χ4v) is 5.45. The van der Waals surface area contributed by atoms with E-state index in [4.69, 9.17) is 20.4 Å². The summed E-state index contributed by atoms with van der Waals surface area (Å²) < 4.78 is 5.54. The van der Waals surface area contributed by atoms with Gasteiger partial charge in [0.2, 0.25) is 17.8 Å². The van der Waals surface area contributed by atoms with Gasteiger partial charge in [-0.3, -0.25) is 4.79 Å². The number of carbonyl (C=O) groups excluding carboxylic acids is 1. The van der Waals surface area contributed by atoms with Gasteiger partial charge in [-0.1, -0.05) is 0 Å². The zero-order valence-corrected chi connectivity index (χ0v) is 20.8. The lowest BCUT2D eigenvalue weighted by Crippen LogP contribution is -2.53. The number of aromatic nitrogens is 4. The molecule has 0 spiro atoms. The van der Waals surface area contributed by atoms with E-state index in [2.05, 4.69) is 32.0 Å². The second kappa shape index (κ2) is 9.36. The molecule has 2 aromatic heterocycles. The Kier molecular flexibility index (Phi) is 6.41. The van der Waals surface area contributed by atoms with Crippen molar-refractivity contribution in [2.45, 2.75) is 25.3 Å². The van der Waals surface area contributed by atoms with Gasteiger partial charge in [-0.15, -0.1) is 12.4 Å². The molecule has 3 N–H and O–H groups in total. The number of hydrogen-bond acceptors (Lipinski definition) is 10. The van der Waals surface area contributed by atoms with E-state index in [0.717, 1.165) is 81.3 Å². The van der Waals surface area contributed by atoms with Crippen molar-refractivity contribution in [3.8, 4) is 11.3 Å². The van der Waals surface area contributed by atoms with E-state index in [1.165, 1.54) is 0 Å². The average Bonchev–Trinajstić information content (AvgIpc) is 3.43. The fourth-order valence-electron chi connectivity index (χ4n) is 5.45. The van der Waals surface area contributed by atoms with Crippen LogP contribution < -0.4 is 20.9 Å². The third-order valence-electron chi connectivity index (χ3n) is 7.60. The van der Waals surface area contributed by atoms with Crippen LogP contribution in [0.3, 0.4) is 0 Å². The Balaban J connectivity index is 0.00000253. The number of ether oxygens (including phenoxy) is 1. The van der Waals surface area contributed by atoms with E-state index in [-0.39, 0.29) is 35.7 Å². The van der Waals surface area contributed by atoms with Crippen molar-refractivity contribution >= 4 is 36.0 Å². The Morgan fingerprint density at radius 3 is 2.57 bits per heavy atom. The van der Waals surface area contributed by atoms with Crippen molar-refractivity contribution in [1.29, 1.82) is 0 Å². The van der Waals surface area contributed by atoms with Gasteiger partial charge in [0.15, 0.2) is 0 Å². The summed E-state index contributed by atoms with van der Waals surface area (Å²) in [5.41, 5.74) is 8.39. The smallest absolute Gasteiger partial charge is 0.228 e. The molecular formula is C23H32ClN9O2. The Morgan fingerprint density at radius 2 is 1.89 bits per heavy atom. The van der Waals surface area contributed by atoms with Gasteiger partial charge < -0.3 is 30.5 Å². The highest BCUT2D eigenvalue weighted by atomic mass is 35.5. The summed E-state index contributed by atoms with van der Waals surface area (Å²) in [4.78, 5) is 38.0. The van der Waals surface area contributed by atoms with Gasteiger partial charge in [0.05, 0.1) is 30.4 Å². The molecule has 188 valence electrons. The van der Waals surface area contributed by atoms with Crippen LogP contribution >= 0.6 is 12.4 Å². The molecule has 4 aliphatic heterocycles. The molecule has 12 heteroatoms. The summed E-state index contributed by atoms with van der Waals surface area (Å²) in [7, 11) is 0. The maximum absolute atomic E-state index is 12.9. The van der Waals surface area contributed by atoms with Gasteiger partial charge in [0, 0.05) is 69.3 Å². The van der Waals surface area contributed by atoms with E-state index in [1.807, 2.05) is 4.90 Å². The summed E-state index contributed by atoms with van der Waals surface area (Å²) >= 11 is 0. The number of hydrogen-bond donors (Lipinski definition) is 2. The van der Waals surface area contributed by atoms with Crippen molar-refractivity contribution in [1.82, 2.24) is 30.2 Å². The van der Waals surface area contributed by atoms with E-state index in [0.29, 0.717) is 19.2 Å². The Bertz CT molecular complexity index is 1090. The summed E-state index contributed by atoms with van der Waals surface area (Å²) in [6.45, 7) is 9.04. The minimum atomic E-state index is -0.163. The fraction of sp³-hybridized carbons (Fsp3) is 0.609. The molecule has 6 rings (SSSR count). The molecule has 2 aromatic rings. The van der Waals surface area contributed by atoms with Crippen molar-refractivity contribution in [3.05, 3.63) is 18.0 Å². The number of rotatable bonds is 4. The highest BCUT2D eigenvalue weighted by Crippen LogP contribution is 2.41. The molecule has 6 heterocycles. The Hall–Kier alpha value is -2.76. The lowest BCUT2D eigenvalue weighted by atomic mass is 9.99. The monoisotopic (exact) mass is 501 g/mol. The molecular weight excluding hydrogens is 470 g/mol. The van der Waals surface area contributed by atoms with E-state index < -0.39 is 0 Å². The highest BCUT2D eigenvalue weighted by molar-refractivity contribution is 5.85. The average molecular weight is 502 g/mol. The van der Waals surface area contributed by atoms with Crippen LogP contribution in [0.15, 0.2) is 12.4 Å². The normalized spacial score (nSPS) is 24.2. The Morgan fingerprint density at radius 1 is 1.14 bits per heavy atom. The van der Waals surface area contributed by atoms with Crippen LogP contribution in [0.25, 0.3) is 11.3 Å². The van der Waals surface area contributed by atoms with Crippen molar-refractivity contribution in [2.75, 3.05) is 74.6 Å². The number of nitrogen functional groups attached to an aromatic ring is 1. The van der Waals surface area contributed by atoms with Crippen molar-refractivity contribution < 1.29 is 9.53 Å². The first-order valence-electron chi connectivity index (χ1n) is 12.1. The number of morpholine rings is 1. The topological polar surface area (TPSA) is 126 Å². The van der Waals surface area contributed by atoms with Crippen LogP contribution in [0.2, 0.25) is 0 Å². The quantitative estimate of drug-likeness (QED) is 0.605. The lowest BCUT2D eigenvalue weighted by Gasteiger charge is -2.38. The number of fused-ring (bicyclic) bond motifs is 1. The minimum absolute atomic E-state index is 0. The molecule has 1 atom stereocenters. The van der Waals surface area contributed by atoms with Crippen LogP contribution in [0, 0.1) is 5.92 Å². The number of anilines is 3. The van der Waals surface area contributed by atoms with Crippen LogP contribution in [-0.4, -0.2) is 95.3 Å². The highest BCUT2D eigenvalue weighted by Gasteiger charge is 2.46. The molecule has 3 saturated heterocycles. The summed E-state index contributed by atoms with van der Waals surface area (Å²) in [6.07, 6.45) is 5.24. The number of carbonyl (C=O) groups is 1. The maximum atomic E-state index is 12.9. The minimum Gasteiger partial charge on any atom is -0.378 e. The number of halogens is 1. The molecule has 3 fully saturated rings. The first-order valence-corrected chi connectivity index (χ1v) is 12.1. The Labute approximate surface area is 210 Å². The first kappa shape index (κ1) is 24.0. The summed E-state index contributed by atoms with van der Waals surface area (Å²) in [6, 6.07) is 0. The molecule has 0 saturated carbocycles. The van der Waals surface area contributed by atoms with E-state index >= 15 is 0 Å². The summed E-state index contributed by atoms with van der Waals surface area (Å²) in [5.74, 6) is 2.31. The van der Waals surface area contributed by atoms with Crippen molar-refractivity contribution in [3.63, 3.8) is 0 Å². The van der Waals surface area contributed by atoms with Gasteiger partial charge >= 0.3 is 0 Å². The number of nitrogens with two attached hydrogens (primary N) is 1. The molecule has 0 unspecified atom stereocenters. The second-order valence-corrected chi connectivity index (χ2v) is 9.87. The molecule has 4 aliphatic rings. The standard InChI is InChI=1S/C23H31N9O2.ClH/c1-23(3-5-31(14-23)20(33)16-10-25-11-16)32-4-2-17-18(15-12-26-21(24)27-13-15)28-22(29-19(17)32)30-6-8-34-9-7-30;/h12-13,16,25H,2-11,14H2,1H3,(H2,24,26,27);1H/t23-;/m0./s1. The second-order valence-electron chi connectivity index (χ2n) is 9.87. The maximum Gasteiger partial charge on any atom is 0.228 e.